The highest BCUT2D eigenvalue weighted by Gasteiger charge is 2.42. The maximum absolute atomic E-state index is 4.15. The molecule has 73 heavy (non-hydrogen) atoms. The van der Waals surface area contributed by atoms with Crippen molar-refractivity contribution < 1.29 is 0 Å². The van der Waals surface area contributed by atoms with E-state index in [1.165, 1.54) is 127 Å². The van der Waals surface area contributed by atoms with E-state index in [9.17, 15) is 0 Å². The Bertz CT molecular complexity index is 3500. The molecule has 0 fully saturated rings. The second kappa shape index (κ2) is 16.3. The SMILES string of the molecule is CC(C)c1cc(-c2cc(N(c3ccccc3)c3ccccc3)ccc2Nc2ccc3c(c2)C(C)(C)CCC3(C)C)c2c3c1c1cc4c(cc1n3-c1cc3c(cc1B2)C(C)(C)CCC3(C)C)C(C)(C)CCC4(C)C. The smallest absolute Gasteiger partial charge is 0.198 e. The van der Waals surface area contributed by atoms with E-state index in [-0.39, 0.29) is 38.4 Å². The Morgan fingerprint density at radius 2 is 0.986 bits per heavy atom. The van der Waals surface area contributed by atoms with Crippen LogP contribution in [0.3, 0.4) is 0 Å². The average Bonchev–Trinajstić information content (AvgIpc) is 3.71. The summed E-state index contributed by atoms with van der Waals surface area (Å²) in [4.78, 5) is 2.43. The lowest BCUT2D eigenvalue weighted by Crippen LogP contribution is -2.41. The molecule has 1 aliphatic heterocycles. The molecule has 8 aromatic rings. The number of nitrogens with one attached hydrogen (secondary N) is 1. The van der Waals surface area contributed by atoms with E-state index in [1.54, 1.807) is 0 Å². The highest BCUT2D eigenvalue weighted by molar-refractivity contribution is 6.73. The van der Waals surface area contributed by atoms with Crippen LogP contribution in [0, 0.1) is 0 Å². The molecule has 12 rings (SSSR count). The number of rotatable bonds is 7. The molecule has 0 bridgehead atoms. The molecule has 0 spiro atoms. The van der Waals surface area contributed by atoms with Crippen molar-refractivity contribution >= 4 is 68.4 Å². The van der Waals surface area contributed by atoms with Gasteiger partial charge in [-0.2, -0.15) is 0 Å². The summed E-state index contributed by atoms with van der Waals surface area (Å²) in [7, 11) is 0.864. The quantitative estimate of drug-likeness (QED) is 0.161. The second-order valence-electron chi connectivity index (χ2n) is 27.2. The fraction of sp³-hybridized carbons (Fsp3) is 0.391. The first-order chi connectivity index (χ1) is 34.5. The summed E-state index contributed by atoms with van der Waals surface area (Å²) in [6.07, 6.45) is 7.14. The van der Waals surface area contributed by atoms with Gasteiger partial charge < -0.3 is 14.8 Å². The number of aromatic nitrogens is 1. The minimum absolute atomic E-state index is 0.0794. The van der Waals surface area contributed by atoms with Crippen molar-refractivity contribution in [1.29, 1.82) is 0 Å². The summed E-state index contributed by atoms with van der Waals surface area (Å²) in [6, 6.07) is 49.6. The first kappa shape index (κ1) is 48.0. The predicted molar refractivity (Wildman–Crippen MR) is 317 cm³/mol. The summed E-state index contributed by atoms with van der Waals surface area (Å²) in [5.74, 6) is 0.285. The first-order valence-corrected chi connectivity index (χ1v) is 27.8. The standard InChI is InChI=1S/C69H78BN3/c1-42(2)47-37-49(48-36-46(72(44-21-17-15-18-22-44)45-23-19-16-20-24-45)26-28-58(48)71-43-25-27-51-52(35-43)65(5,6)30-29-64(51,3)4)62-63-61(47)50-38-53-55(68(11,12)33-31-66(53,7)8)40-59(50)73(63)60-41-56-54(39-57(60)70-62)67(9,10)32-34-69(56,13)14/h15-28,35-42,70-71H,29-34H2,1-14H3. The molecule has 4 aliphatic rings. The Morgan fingerprint density at radius 1 is 0.479 bits per heavy atom. The Kier molecular flexibility index (Phi) is 10.7. The predicted octanol–water partition coefficient (Wildman–Crippen LogP) is 17.5. The van der Waals surface area contributed by atoms with Gasteiger partial charge in [-0.05, 0) is 200 Å². The van der Waals surface area contributed by atoms with Crippen molar-refractivity contribution in [3.05, 3.63) is 166 Å². The van der Waals surface area contributed by atoms with Gasteiger partial charge in [0.2, 0.25) is 0 Å². The molecule has 2 heterocycles. The van der Waals surface area contributed by atoms with Gasteiger partial charge in [0.25, 0.3) is 0 Å². The monoisotopic (exact) mass is 960 g/mol. The van der Waals surface area contributed by atoms with Crippen LogP contribution in [0.4, 0.5) is 28.4 Å². The van der Waals surface area contributed by atoms with E-state index in [2.05, 4.69) is 239 Å². The zero-order valence-electron chi connectivity index (χ0n) is 46.5. The highest BCUT2D eigenvalue weighted by Crippen LogP contribution is 2.53. The zero-order chi connectivity index (χ0) is 51.4. The molecular formula is C69H78BN3. The van der Waals surface area contributed by atoms with E-state index in [4.69, 9.17) is 0 Å². The third-order valence-electron chi connectivity index (χ3n) is 19.1. The van der Waals surface area contributed by atoms with Crippen LogP contribution in [0.5, 0.6) is 0 Å². The summed E-state index contributed by atoms with van der Waals surface area (Å²) in [6.45, 7) is 34.5. The number of anilines is 5. The Morgan fingerprint density at radius 3 is 1.55 bits per heavy atom. The topological polar surface area (TPSA) is 20.2 Å². The van der Waals surface area contributed by atoms with Gasteiger partial charge in [-0.3, -0.25) is 0 Å². The van der Waals surface area contributed by atoms with Crippen LogP contribution in [0.2, 0.25) is 0 Å². The fourth-order valence-electron chi connectivity index (χ4n) is 14.1. The fourth-order valence-corrected chi connectivity index (χ4v) is 14.1. The lowest BCUT2D eigenvalue weighted by atomic mass is 9.55. The van der Waals surface area contributed by atoms with Gasteiger partial charge >= 0.3 is 0 Å². The zero-order valence-corrected chi connectivity index (χ0v) is 46.5. The van der Waals surface area contributed by atoms with Crippen molar-refractivity contribution in [3.8, 4) is 16.8 Å². The van der Waals surface area contributed by atoms with Crippen LogP contribution in [0.15, 0.2) is 127 Å². The van der Waals surface area contributed by atoms with Gasteiger partial charge in [0, 0.05) is 56.0 Å². The molecule has 0 atom stereocenters. The number of para-hydroxylation sites is 2. The molecule has 7 aromatic carbocycles. The number of nitrogens with zero attached hydrogens (tertiary/aromatic N) is 2. The molecule has 1 N–H and O–H groups in total. The van der Waals surface area contributed by atoms with Crippen LogP contribution < -0.4 is 21.1 Å². The summed E-state index contributed by atoms with van der Waals surface area (Å²) >= 11 is 0. The molecule has 3 nitrogen and oxygen atoms in total. The molecule has 0 unspecified atom stereocenters. The van der Waals surface area contributed by atoms with E-state index in [1.807, 2.05) is 0 Å². The summed E-state index contributed by atoms with van der Waals surface area (Å²) in [5, 5.41) is 7.00. The second-order valence-corrected chi connectivity index (χ2v) is 27.2. The van der Waals surface area contributed by atoms with Crippen LogP contribution in [-0.2, 0) is 32.5 Å². The number of fused-ring (bicyclic) bond motifs is 8. The van der Waals surface area contributed by atoms with E-state index >= 15 is 0 Å². The maximum Gasteiger partial charge on any atom is 0.198 e. The first-order valence-electron chi connectivity index (χ1n) is 27.8. The molecule has 4 heteroatoms. The number of benzene rings is 7. The van der Waals surface area contributed by atoms with Crippen LogP contribution in [0.25, 0.3) is 38.6 Å². The average molecular weight is 960 g/mol. The maximum atomic E-state index is 4.15. The van der Waals surface area contributed by atoms with E-state index in [0.29, 0.717) is 0 Å². The van der Waals surface area contributed by atoms with Gasteiger partial charge in [0.1, 0.15) is 0 Å². The molecule has 0 saturated carbocycles. The molecule has 3 aliphatic carbocycles. The van der Waals surface area contributed by atoms with Crippen molar-refractivity contribution in [2.45, 2.75) is 174 Å². The van der Waals surface area contributed by atoms with Crippen molar-refractivity contribution in [2.24, 2.45) is 0 Å². The van der Waals surface area contributed by atoms with Gasteiger partial charge in [-0.1, -0.05) is 157 Å². The Hall–Kier alpha value is -6.00. The third kappa shape index (κ3) is 7.57. The Balaban J connectivity index is 1.19. The van der Waals surface area contributed by atoms with E-state index in [0.717, 1.165) is 35.7 Å². The van der Waals surface area contributed by atoms with Crippen molar-refractivity contribution in [1.82, 2.24) is 4.57 Å². The molecular weight excluding hydrogens is 882 g/mol. The lowest BCUT2D eigenvalue weighted by molar-refractivity contribution is 0.332. The van der Waals surface area contributed by atoms with Crippen LogP contribution >= 0.6 is 0 Å². The molecule has 0 amide bonds. The van der Waals surface area contributed by atoms with Crippen LogP contribution in [0.1, 0.15) is 180 Å². The Labute approximate surface area is 438 Å². The summed E-state index contributed by atoms with van der Waals surface area (Å²) < 4.78 is 2.77. The van der Waals surface area contributed by atoms with Crippen molar-refractivity contribution in [3.63, 3.8) is 0 Å². The van der Waals surface area contributed by atoms with Gasteiger partial charge in [-0.25, -0.2) is 0 Å². The van der Waals surface area contributed by atoms with Gasteiger partial charge in [-0.15, -0.1) is 0 Å². The molecule has 1 aromatic heterocycles. The van der Waals surface area contributed by atoms with Gasteiger partial charge in [0.15, 0.2) is 7.28 Å². The van der Waals surface area contributed by atoms with E-state index < -0.39 is 0 Å². The highest BCUT2D eigenvalue weighted by atomic mass is 15.1. The molecule has 372 valence electrons. The lowest BCUT2D eigenvalue weighted by Gasteiger charge is -2.43. The van der Waals surface area contributed by atoms with Crippen molar-refractivity contribution in [2.75, 3.05) is 10.2 Å². The molecule has 0 radical (unpaired) electrons. The minimum atomic E-state index is 0.0794. The third-order valence-corrected chi connectivity index (χ3v) is 19.1. The largest absolute Gasteiger partial charge is 0.355 e. The summed E-state index contributed by atoms with van der Waals surface area (Å²) in [5.41, 5.74) is 26.3. The number of hydrogen-bond donors (Lipinski definition) is 1. The normalized spacial score (nSPS) is 19.1. The van der Waals surface area contributed by atoms with Crippen LogP contribution in [-0.4, -0.2) is 11.8 Å². The van der Waals surface area contributed by atoms with Gasteiger partial charge in [0.05, 0.1) is 5.52 Å². The molecule has 0 saturated heterocycles. The minimum Gasteiger partial charge on any atom is -0.355 e. The number of hydrogen-bond acceptors (Lipinski definition) is 2.